The van der Waals surface area contributed by atoms with Crippen LogP contribution in [0.25, 0.3) is 106 Å². The lowest BCUT2D eigenvalue weighted by molar-refractivity contribution is 0.623. The van der Waals surface area contributed by atoms with Crippen LogP contribution in [0, 0.1) is 0 Å². The average Bonchev–Trinajstić information content (AvgIpc) is 3.84. The summed E-state index contributed by atoms with van der Waals surface area (Å²) in [6, 6.07) is 60.5. The van der Waals surface area contributed by atoms with E-state index in [-0.39, 0.29) is 0 Å². The van der Waals surface area contributed by atoms with Crippen molar-refractivity contribution in [2.45, 2.75) is 0 Å². The molecular weight excluding hydrogens is 663 g/mol. The Kier molecular flexibility index (Phi) is 6.75. The van der Waals surface area contributed by atoms with Crippen LogP contribution in [0.5, 0.6) is 0 Å². The minimum Gasteiger partial charge on any atom is -0.435 e. The van der Waals surface area contributed by atoms with E-state index >= 15 is 0 Å². The van der Waals surface area contributed by atoms with Gasteiger partial charge in [-0.2, -0.15) is 0 Å². The number of hydrogen-bond donors (Lipinski definition) is 0. The molecule has 0 atom stereocenters. The van der Waals surface area contributed by atoms with E-state index < -0.39 is 0 Å². The van der Waals surface area contributed by atoms with E-state index in [1.54, 1.807) is 0 Å². The third-order valence-electron chi connectivity index (χ3n) is 10.3. The van der Waals surface area contributed by atoms with Gasteiger partial charge in [-0.15, -0.1) is 0 Å². The first kappa shape index (κ1) is 30.2. The molecule has 54 heavy (non-hydrogen) atoms. The molecule has 0 aliphatic heterocycles. The lowest BCUT2D eigenvalue weighted by Crippen LogP contribution is -2.00. The number of benzene rings is 8. The summed E-state index contributed by atoms with van der Waals surface area (Å²) in [6.45, 7) is 0. The molecule has 0 unspecified atom stereocenters. The molecular formula is C48H29N5O. The van der Waals surface area contributed by atoms with Gasteiger partial charge in [0.1, 0.15) is 5.52 Å². The van der Waals surface area contributed by atoms with Gasteiger partial charge in [0, 0.05) is 44.1 Å². The predicted octanol–water partition coefficient (Wildman–Crippen LogP) is 12.1. The van der Waals surface area contributed by atoms with Crippen LogP contribution in [0.4, 0.5) is 0 Å². The first-order chi connectivity index (χ1) is 26.7. The number of hydrogen-bond acceptors (Lipinski definition) is 5. The highest BCUT2D eigenvalue weighted by Gasteiger charge is 2.20. The molecule has 3 aromatic heterocycles. The normalized spacial score (nSPS) is 11.7. The SMILES string of the molecule is c1ccc(-c2nc(-c3ccc(-n4c5ccccc5c5c6c(ccc7nc(-c8ccccc8)oc76)ccc54)cc3)nc(-c3ccc4ccccc4c3)n2)cc1. The summed E-state index contributed by atoms with van der Waals surface area (Å²) in [5.41, 5.74) is 8.61. The summed E-state index contributed by atoms with van der Waals surface area (Å²) in [5.74, 6) is 2.51. The lowest BCUT2D eigenvalue weighted by atomic mass is 10.0. The Balaban J connectivity index is 1.07. The van der Waals surface area contributed by atoms with Crippen LogP contribution in [0.1, 0.15) is 0 Å². The summed E-state index contributed by atoms with van der Waals surface area (Å²) < 4.78 is 8.89. The van der Waals surface area contributed by atoms with Crippen molar-refractivity contribution in [2.24, 2.45) is 0 Å². The summed E-state index contributed by atoms with van der Waals surface area (Å²) >= 11 is 0. The zero-order valence-electron chi connectivity index (χ0n) is 28.9. The maximum Gasteiger partial charge on any atom is 0.227 e. The maximum absolute atomic E-state index is 6.57. The van der Waals surface area contributed by atoms with Gasteiger partial charge in [-0.3, -0.25) is 0 Å². The molecule has 6 heteroatoms. The van der Waals surface area contributed by atoms with E-state index in [4.69, 9.17) is 24.4 Å². The number of oxazole rings is 1. The van der Waals surface area contributed by atoms with E-state index in [9.17, 15) is 0 Å². The molecule has 252 valence electrons. The van der Waals surface area contributed by atoms with Crippen LogP contribution >= 0.6 is 0 Å². The van der Waals surface area contributed by atoms with Gasteiger partial charge in [0.2, 0.25) is 5.89 Å². The Morgan fingerprint density at radius 1 is 0.389 bits per heavy atom. The van der Waals surface area contributed by atoms with Crippen molar-refractivity contribution < 1.29 is 4.42 Å². The molecule has 0 fully saturated rings. The van der Waals surface area contributed by atoms with Gasteiger partial charge >= 0.3 is 0 Å². The highest BCUT2D eigenvalue weighted by molar-refractivity contribution is 6.27. The van der Waals surface area contributed by atoms with Crippen LogP contribution in [-0.4, -0.2) is 24.5 Å². The van der Waals surface area contributed by atoms with Gasteiger partial charge < -0.3 is 8.98 Å². The molecule has 0 amide bonds. The van der Waals surface area contributed by atoms with Crippen molar-refractivity contribution in [3.63, 3.8) is 0 Å². The third kappa shape index (κ3) is 4.89. The lowest BCUT2D eigenvalue weighted by Gasteiger charge is -2.11. The van der Waals surface area contributed by atoms with Crippen LogP contribution in [-0.2, 0) is 0 Å². The Hall–Kier alpha value is -7.44. The largest absolute Gasteiger partial charge is 0.435 e. The van der Waals surface area contributed by atoms with Gasteiger partial charge in [-0.05, 0) is 76.8 Å². The first-order valence-corrected chi connectivity index (χ1v) is 18.0. The second-order valence-corrected chi connectivity index (χ2v) is 13.5. The van der Waals surface area contributed by atoms with Crippen molar-refractivity contribution >= 4 is 54.5 Å². The highest BCUT2D eigenvalue weighted by atomic mass is 16.3. The zero-order chi connectivity index (χ0) is 35.6. The van der Waals surface area contributed by atoms with Crippen molar-refractivity contribution in [3.8, 4) is 51.3 Å². The molecule has 0 aliphatic rings. The molecule has 3 heterocycles. The van der Waals surface area contributed by atoms with E-state index in [0.29, 0.717) is 23.4 Å². The molecule has 6 nitrogen and oxygen atoms in total. The monoisotopic (exact) mass is 691 g/mol. The average molecular weight is 692 g/mol. The number of rotatable bonds is 5. The van der Waals surface area contributed by atoms with Crippen LogP contribution in [0.2, 0.25) is 0 Å². The number of nitrogens with zero attached hydrogens (tertiary/aromatic N) is 5. The van der Waals surface area contributed by atoms with Crippen molar-refractivity contribution in [2.75, 3.05) is 0 Å². The van der Waals surface area contributed by atoms with E-state index in [1.165, 1.54) is 5.39 Å². The molecule has 0 radical (unpaired) electrons. The van der Waals surface area contributed by atoms with E-state index in [0.717, 1.165) is 77.0 Å². The predicted molar refractivity (Wildman–Crippen MR) is 218 cm³/mol. The molecule has 0 N–H and O–H groups in total. The second-order valence-electron chi connectivity index (χ2n) is 13.5. The topological polar surface area (TPSA) is 69.6 Å². The smallest absolute Gasteiger partial charge is 0.227 e. The van der Waals surface area contributed by atoms with Crippen LogP contribution in [0.15, 0.2) is 180 Å². The van der Waals surface area contributed by atoms with Gasteiger partial charge in [0.05, 0.1) is 11.0 Å². The highest BCUT2D eigenvalue weighted by Crippen LogP contribution is 2.41. The molecule has 0 bridgehead atoms. The molecule has 11 rings (SSSR count). The van der Waals surface area contributed by atoms with E-state index in [1.807, 2.05) is 66.7 Å². The van der Waals surface area contributed by atoms with Gasteiger partial charge in [-0.1, -0.05) is 115 Å². The fourth-order valence-electron chi connectivity index (χ4n) is 7.67. The van der Waals surface area contributed by atoms with E-state index in [2.05, 4.69) is 114 Å². The standard InChI is InChI=1S/C48H29N5O/c1-3-12-32(13-4-1)45-50-46(52-47(51-45)36-20-19-30-11-7-8-16-35(30)29-36)33-21-25-37(26-22-33)53-40-18-10-9-17-38(40)43-41(53)28-24-31-23-27-39-44(42(31)43)54-48(49-39)34-14-5-2-6-15-34/h1-29H. The minimum absolute atomic E-state index is 0.618. The Morgan fingerprint density at radius 3 is 1.76 bits per heavy atom. The summed E-state index contributed by atoms with van der Waals surface area (Å²) in [6.07, 6.45) is 0. The fraction of sp³-hybridized carbons (Fsp3) is 0. The first-order valence-electron chi connectivity index (χ1n) is 18.0. The van der Waals surface area contributed by atoms with Gasteiger partial charge in [0.25, 0.3) is 0 Å². The quantitative estimate of drug-likeness (QED) is 0.180. The number of fused-ring (bicyclic) bond motifs is 8. The van der Waals surface area contributed by atoms with Crippen molar-refractivity contribution in [1.29, 1.82) is 0 Å². The maximum atomic E-state index is 6.57. The zero-order valence-corrected chi connectivity index (χ0v) is 28.9. The molecule has 0 aliphatic carbocycles. The molecule has 11 aromatic rings. The van der Waals surface area contributed by atoms with Gasteiger partial charge in [0.15, 0.2) is 23.1 Å². The summed E-state index contributed by atoms with van der Waals surface area (Å²) in [5, 5.41) is 6.77. The molecule has 0 spiro atoms. The van der Waals surface area contributed by atoms with Gasteiger partial charge in [-0.25, -0.2) is 19.9 Å². The Labute approximate surface area is 309 Å². The Morgan fingerprint density at radius 2 is 0.981 bits per heavy atom. The third-order valence-corrected chi connectivity index (χ3v) is 10.3. The molecule has 0 saturated carbocycles. The number of para-hydroxylation sites is 1. The summed E-state index contributed by atoms with van der Waals surface area (Å²) in [7, 11) is 0. The van der Waals surface area contributed by atoms with Crippen LogP contribution < -0.4 is 0 Å². The second kappa shape index (κ2) is 12.1. The minimum atomic E-state index is 0.618. The molecule has 0 saturated heterocycles. The van der Waals surface area contributed by atoms with Crippen LogP contribution in [0.3, 0.4) is 0 Å². The van der Waals surface area contributed by atoms with Crippen molar-refractivity contribution in [3.05, 3.63) is 176 Å². The van der Waals surface area contributed by atoms with Crippen molar-refractivity contribution in [1.82, 2.24) is 24.5 Å². The molecule has 8 aromatic carbocycles. The Bertz CT molecular complexity index is 3200. The summed E-state index contributed by atoms with van der Waals surface area (Å²) in [4.78, 5) is 19.9. The fourth-order valence-corrected chi connectivity index (χ4v) is 7.67. The number of aromatic nitrogens is 5.